The number of nitrogens with one attached hydrogen (secondary N) is 1. The lowest BCUT2D eigenvalue weighted by molar-refractivity contribution is 0.306. The Bertz CT molecular complexity index is 1440. The van der Waals surface area contributed by atoms with E-state index in [0.29, 0.717) is 24.8 Å². The topological polar surface area (TPSA) is 110 Å². The number of anilines is 2. The molecule has 8 nitrogen and oxygen atoms in total. The zero-order valence-electron chi connectivity index (χ0n) is 21.9. The number of sulfone groups is 1. The number of nitrogens with zero attached hydrogens (tertiary/aromatic N) is 3. The van der Waals surface area contributed by atoms with Crippen LogP contribution in [-0.2, 0) is 16.4 Å². The van der Waals surface area contributed by atoms with Gasteiger partial charge in [-0.3, -0.25) is 0 Å². The maximum Gasteiger partial charge on any atom is 0.162 e. The van der Waals surface area contributed by atoms with Crippen molar-refractivity contribution in [2.45, 2.75) is 19.4 Å². The zero-order valence-corrected chi connectivity index (χ0v) is 22.7. The van der Waals surface area contributed by atoms with Crippen LogP contribution in [0.5, 0.6) is 5.75 Å². The van der Waals surface area contributed by atoms with Gasteiger partial charge in [-0.2, -0.15) is 0 Å². The monoisotopic (exact) mass is 533 g/mol. The molecule has 0 unspecified atom stereocenters. The van der Waals surface area contributed by atoms with Crippen LogP contribution in [0.3, 0.4) is 0 Å². The third kappa shape index (κ3) is 8.16. The largest absolute Gasteiger partial charge is 0.489 e. The Hall–Kier alpha value is -3.69. The lowest BCUT2D eigenvalue weighted by Crippen LogP contribution is -2.26. The van der Waals surface area contributed by atoms with E-state index in [-0.39, 0.29) is 5.75 Å². The molecule has 4 rings (SSSR count). The molecule has 0 bridgehead atoms. The standard InChI is InChI=1S/C29H35N5O3S/c1-34(18-19-38(2,35)36)17-7-6-16-31-24-12-15-26-27(20-24)32-29(33-28(26)30)23-10-13-25(14-11-23)37-21-22-8-4-3-5-9-22/h3-5,8-15,20,31H,6-7,16-19,21H2,1-2H3,(H2,30,32,33). The second-order valence-electron chi connectivity index (χ2n) is 9.53. The first-order valence-electron chi connectivity index (χ1n) is 12.7. The van der Waals surface area contributed by atoms with Crippen molar-refractivity contribution in [2.24, 2.45) is 0 Å². The van der Waals surface area contributed by atoms with Gasteiger partial charge in [0.2, 0.25) is 0 Å². The SMILES string of the molecule is CN(CCCCNc1ccc2c(N)nc(-c3ccc(OCc4ccccc4)cc3)nc2c1)CCS(C)(=O)=O. The van der Waals surface area contributed by atoms with Crippen molar-refractivity contribution in [3.8, 4) is 17.1 Å². The van der Waals surface area contributed by atoms with E-state index in [1.54, 1.807) is 0 Å². The highest BCUT2D eigenvalue weighted by atomic mass is 32.2. The molecule has 0 saturated carbocycles. The number of nitrogen functional groups attached to an aromatic ring is 1. The summed E-state index contributed by atoms with van der Waals surface area (Å²) >= 11 is 0. The molecule has 0 atom stereocenters. The summed E-state index contributed by atoms with van der Waals surface area (Å²) < 4.78 is 28.5. The van der Waals surface area contributed by atoms with E-state index in [2.05, 4.69) is 15.2 Å². The molecule has 1 aromatic heterocycles. The summed E-state index contributed by atoms with van der Waals surface area (Å²) in [7, 11) is -0.972. The molecule has 3 aromatic carbocycles. The van der Waals surface area contributed by atoms with Gasteiger partial charge < -0.3 is 20.7 Å². The highest BCUT2D eigenvalue weighted by Gasteiger charge is 2.09. The number of rotatable bonds is 13. The van der Waals surface area contributed by atoms with Gasteiger partial charge in [-0.25, -0.2) is 18.4 Å². The predicted octanol–water partition coefficient (Wildman–Crippen LogP) is 4.63. The van der Waals surface area contributed by atoms with Gasteiger partial charge in [0, 0.05) is 36.0 Å². The van der Waals surface area contributed by atoms with Crippen LogP contribution >= 0.6 is 0 Å². The normalized spacial score (nSPS) is 11.7. The number of unbranched alkanes of at least 4 members (excludes halogenated alkanes) is 1. The van der Waals surface area contributed by atoms with Gasteiger partial charge in [-0.1, -0.05) is 30.3 Å². The van der Waals surface area contributed by atoms with Crippen LogP contribution < -0.4 is 15.8 Å². The van der Waals surface area contributed by atoms with Gasteiger partial charge in [0.15, 0.2) is 5.82 Å². The summed E-state index contributed by atoms with van der Waals surface area (Å²) in [4.78, 5) is 11.3. The molecule has 0 spiro atoms. The number of hydrogen-bond donors (Lipinski definition) is 2. The minimum atomic E-state index is -2.93. The third-order valence-electron chi connectivity index (χ3n) is 6.23. The predicted molar refractivity (Wildman–Crippen MR) is 155 cm³/mol. The highest BCUT2D eigenvalue weighted by Crippen LogP contribution is 2.27. The van der Waals surface area contributed by atoms with Crippen molar-refractivity contribution in [3.05, 3.63) is 78.4 Å². The van der Waals surface area contributed by atoms with Gasteiger partial charge in [0.05, 0.1) is 11.3 Å². The van der Waals surface area contributed by atoms with E-state index in [0.717, 1.165) is 59.4 Å². The van der Waals surface area contributed by atoms with Gasteiger partial charge in [0.25, 0.3) is 0 Å². The number of hydrogen-bond acceptors (Lipinski definition) is 8. The average molecular weight is 534 g/mol. The molecule has 200 valence electrons. The van der Waals surface area contributed by atoms with Crippen LogP contribution in [0.15, 0.2) is 72.8 Å². The molecule has 0 fully saturated rings. The number of nitrogens with two attached hydrogens (primary N) is 1. The lowest BCUT2D eigenvalue weighted by atomic mass is 10.1. The summed E-state index contributed by atoms with van der Waals surface area (Å²) in [6.45, 7) is 2.74. The zero-order chi connectivity index (χ0) is 27.0. The van der Waals surface area contributed by atoms with Crippen LogP contribution in [0.4, 0.5) is 11.5 Å². The third-order valence-corrected chi connectivity index (χ3v) is 7.15. The fourth-order valence-corrected chi connectivity index (χ4v) is 4.65. The molecular formula is C29H35N5O3S. The van der Waals surface area contributed by atoms with E-state index in [1.807, 2.05) is 79.8 Å². The molecule has 9 heteroatoms. The number of ether oxygens (including phenoxy) is 1. The first kappa shape index (κ1) is 27.3. The summed E-state index contributed by atoms with van der Waals surface area (Å²) in [5, 5.41) is 4.26. The number of aromatic nitrogens is 2. The van der Waals surface area contributed by atoms with E-state index >= 15 is 0 Å². The molecule has 0 saturated heterocycles. The molecule has 38 heavy (non-hydrogen) atoms. The maximum atomic E-state index is 11.3. The molecule has 1 heterocycles. The van der Waals surface area contributed by atoms with Gasteiger partial charge in [0.1, 0.15) is 28.0 Å². The van der Waals surface area contributed by atoms with Crippen molar-refractivity contribution >= 4 is 32.2 Å². The van der Waals surface area contributed by atoms with Crippen molar-refractivity contribution < 1.29 is 13.2 Å². The molecule has 0 radical (unpaired) electrons. The summed E-state index contributed by atoms with van der Waals surface area (Å²) in [5.74, 6) is 1.98. The van der Waals surface area contributed by atoms with Crippen molar-refractivity contribution in [1.29, 1.82) is 0 Å². The average Bonchev–Trinajstić information content (AvgIpc) is 2.91. The van der Waals surface area contributed by atoms with Crippen molar-refractivity contribution in [3.63, 3.8) is 0 Å². The molecule has 0 aliphatic heterocycles. The summed E-state index contributed by atoms with van der Waals surface area (Å²) in [6.07, 6.45) is 3.22. The molecule has 4 aromatic rings. The quantitative estimate of drug-likeness (QED) is 0.240. The Balaban J connectivity index is 1.33. The lowest BCUT2D eigenvalue weighted by Gasteiger charge is -2.16. The molecule has 0 aliphatic carbocycles. The fraction of sp³-hybridized carbons (Fsp3) is 0.310. The van der Waals surface area contributed by atoms with Crippen LogP contribution in [0.25, 0.3) is 22.3 Å². The molecule has 0 aliphatic rings. The van der Waals surface area contributed by atoms with Crippen molar-refractivity contribution in [2.75, 3.05) is 49.7 Å². The second-order valence-corrected chi connectivity index (χ2v) is 11.8. The Labute approximate surface area is 224 Å². The van der Waals surface area contributed by atoms with Crippen LogP contribution in [0, 0.1) is 0 Å². The van der Waals surface area contributed by atoms with Crippen LogP contribution in [0.1, 0.15) is 18.4 Å². The molecular weight excluding hydrogens is 498 g/mol. The van der Waals surface area contributed by atoms with Crippen molar-refractivity contribution in [1.82, 2.24) is 14.9 Å². The molecule has 3 N–H and O–H groups in total. The Morgan fingerprint density at radius 1 is 0.947 bits per heavy atom. The minimum Gasteiger partial charge on any atom is -0.489 e. The summed E-state index contributed by atoms with van der Waals surface area (Å²) in [5.41, 5.74) is 10.00. The highest BCUT2D eigenvalue weighted by molar-refractivity contribution is 7.90. The van der Waals surface area contributed by atoms with E-state index in [9.17, 15) is 8.42 Å². The van der Waals surface area contributed by atoms with Gasteiger partial charge in [-0.05, 0) is 74.5 Å². The first-order chi connectivity index (χ1) is 18.3. The second kappa shape index (κ2) is 12.7. The first-order valence-corrected chi connectivity index (χ1v) is 14.8. The Morgan fingerprint density at radius 2 is 1.71 bits per heavy atom. The van der Waals surface area contributed by atoms with Gasteiger partial charge in [-0.15, -0.1) is 0 Å². The number of benzene rings is 3. The summed E-state index contributed by atoms with van der Waals surface area (Å²) in [6, 6.07) is 23.7. The Morgan fingerprint density at radius 3 is 2.45 bits per heavy atom. The molecule has 0 amide bonds. The van der Waals surface area contributed by atoms with E-state index in [1.165, 1.54) is 6.26 Å². The van der Waals surface area contributed by atoms with Crippen LogP contribution in [-0.4, -0.2) is 62.0 Å². The van der Waals surface area contributed by atoms with Gasteiger partial charge >= 0.3 is 0 Å². The number of fused-ring (bicyclic) bond motifs is 1. The fourth-order valence-electron chi connectivity index (χ4n) is 4.01. The Kier molecular flexibility index (Phi) is 9.15. The van der Waals surface area contributed by atoms with E-state index < -0.39 is 9.84 Å². The van der Waals surface area contributed by atoms with Crippen LogP contribution in [0.2, 0.25) is 0 Å². The maximum absolute atomic E-state index is 11.3. The minimum absolute atomic E-state index is 0.192. The van der Waals surface area contributed by atoms with E-state index in [4.69, 9.17) is 15.5 Å². The smallest absolute Gasteiger partial charge is 0.162 e.